The number of likely N-dealkylation sites (tertiary alicyclic amines) is 1. The Morgan fingerprint density at radius 2 is 1.93 bits per heavy atom. The number of allylic oxidation sites excluding steroid dienone is 3. The lowest BCUT2D eigenvalue weighted by Crippen LogP contribution is -2.35. The quantitative estimate of drug-likeness (QED) is 0.316. The number of nitrogens with zero attached hydrogens (tertiary/aromatic N) is 1. The smallest absolute Gasteiger partial charge is 0.129 e. The molecule has 27 heavy (non-hydrogen) atoms. The summed E-state index contributed by atoms with van der Waals surface area (Å²) < 4.78 is 0. The third-order valence-corrected chi connectivity index (χ3v) is 6.58. The van der Waals surface area contributed by atoms with E-state index in [1.807, 2.05) is 0 Å². The van der Waals surface area contributed by atoms with Crippen molar-refractivity contribution in [1.82, 2.24) is 4.90 Å². The summed E-state index contributed by atoms with van der Waals surface area (Å²) in [5.41, 5.74) is 4.84. The Kier molecular flexibility index (Phi) is 9.08. The van der Waals surface area contributed by atoms with Crippen molar-refractivity contribution in [2.24, 2.45) is 17.8 Å². The lowest BCUT2D eigenvalue weighted by Gasteiger charge is -2.37. The average molecular weight is 394 g/mol. The molecule has 2 nitrogen and oxygen atoms in total. The van der Waals surface area contributed by atoms with Crippen LogP contribution in [0, 0.1) is 17.8 Å². The topological polar surface area (TPSA) is 20.3 Å². The number of Topliss-reactive ketones (excluding diaryl/α,β-unsaturated/α-hetero) is 1. The second-order valence-electron chi connectivity index (χ2n) is 9.14. The Hall–Kier alpha value is -0.600. The van der Waals surface area contributed by atoms with Gasteiger partial charge in [-0.2, -0.15) is 0 Å². The van der Waals surface area contributed by atoms with Crippen LogP contribution in [0.2, 0.25) is 0 Å². The van der Waals surface area contributed by atoms with Gasteiger partial charge in [0.2, 0.25) is 0 Å². The van der Waals surface area contributed by atoms with E-state index in [1.165, 1.54) is 32.4 Å². The molecule has 154 valence electrons. The van der Waals surface area contributed by atoms with Crippen molar-refractivity contribution in [2.75, 3.05) is 19.6 Å². The first-order valence-corrected chi connectivity index (χ1v) is 11.5. The summed E-state index contributed by atoms with van der Waals surface area (Å²) in [4.78, 5) is 13.8. The molecule has 0 amide bonds. The van der Waals surface area contributed by atoms with Gasteiger partial charge in [-0.15, -0.1) is 11.6 Å². The lowest BCUT2D eigenvalue weighted by atomic mass is 9.70. The van der Waals surface area contributed by atoms with Gasteiger partial charge in [-0.1, -0.05) is 43.6 Å². The maximum Gasteiger partial charge on any atom is 0.129 e. The fraction of sp³-hybridized carbons (Fsp3) is 0.792. The van der Waals surface area contributed by atoms with Gasteiger partial charge in [-0.05, 0) is 77.3 Å². The second kappa shape index (κ2) is 10.8. The van der Waals surface area contributed by atoms with Crippen LogP contribution in [0.5, 0.6) is 0 Å². The molecule has 0 spiro atoms. The summed E-state index contributed by atoms with van der Waals surface area (Å²) in [5, 5.41) is 0.226. The molecular formula is C24H40ClNO. The van der Waals surface area contributed by atoms with Crippen molar-refractivity contribution in [3.63, 3.8) is 0 Å². The molecule has 1 aliphatic heterocycles. The number of carbonyl (C=O) groups is 1. The highest BCUT2D eigenvalue weighted by atomic mass is 35.5. The maximum atomic E-state index is 11.2. The Bertz CT molecular complexity index is 553. The molecule has 1 fully saturated rings. The zero-order valence-electron chi connectivity index (χ0n) is 18.2. The van der Waals surface area contributed by atoms with Crippen molar-refractivity contribution in [2.45, 2.75) is 84.9 Å². The molecule has 1 saturated heterocycles. The number of rotatable bonds is 10. The summed E-state index contributed by atoms with van der Waals surface area (Å²) in [7, 11) is 0. The first-order chi connectivity index (χ1) is 12.8. The van der Waals surface area contributed by atoms with E-state index in [1.54, 1.807) is 23.6 Å². The van der Waals surface area contributed by atoms with Crippen LogP contribution in [-0.2, 0) is 4.79 Å². The highest BCUT2D eigenvalue weighted by molar-refractivity contribution is 6.20. The van der Waals surface area contributed by atoms with Gasteiger partial charge in [-0.25, -0.2) is 0 Å². The summed E-state index contributed by atoms with van der Waals surface area (Å²) in [5.74, 6) is 2.36. The predicted octanol–water partition coefficient (Wildman–Crippen LogP) is 6.39. The van der Waals surface area contributed by atoms with Crippen LogP contribution in [0.3, 0.4) is 0 Å². The van der Waals surface area contributed by atoms with Crippen molar-refractivity contribution in [3.8, 4) is 0 Å². The summed E-state index contributed by atoms with van der Waals surface area (Å²) in [6.45, 7) is 14.2. The number of piperidine rings is 1. The van der Waals surface area contributed by atoms with Crippen LogP contribution in [-0.4, -0.2) is 35.7 Å². The normalized spacial score (nSPS) is 23.7. The zero-order valence-corrected chi connectivity index (χ0v) is 18.9. The fourth-order valence-electron chi connectivity index (χ4n) is 4.64. The molecule has 0 saturated carbocycles. The Morgan fingerprint density at radius 1 is 1.26 bits per heavy atom. The number of hydrogen-bond acceptors (Lipinski definition) is 2. The van der Waals surface area contributed by atoms with E-state index in [0.29, 0.717) is 17.6 Å². The van der Waals surface area contributed by atoms with Gasteiger partial charge in [0.25, 0.3) is 0 Å². The first-order valence-electron chi connectivity index (χ1n) is 11.1. The Morgan fingerprint density at radius 3 is 2.44 bits per heavy atom. The molecule has 2 aliphatic rings. The van der Waals surface area contributed by atoms with Gasteiger partial charge in [-0.3, -0.25) is 4.90 Å². The zero-order chi connectivity index (χ0) is 20.0. The fourth-order valence-corrected chi connectivity index (χ4v) is 4.81. The lowest BCUT2D eigenvalue weighted by molar-refractivity contribution is -0.117. The van der Waals surface area contributed by atoms with Crippen LogP contribution >= 0.6 is 11.6 Å². The third-order valence-electron chi connectivity index (χ3n) is 6.43. The van der Waals surface area contributed by atoms with Gasteiger partial charge in [0.1, 0.15) is 5.78 Å². The number of hydrogen-bond donors (Lipinski definition) is 0. The van der Waals surface area contributed by atoms with Gasteiger partial charge < -0.3 is 4.79 Å². The molecule has 1 aliphatic carbocycles. The molecule has 0 aromatic rings. The molecule has 2 unspecified atom stereocenters. The van der Waals surface area contributed by atoms with E-state index in [4.69, 9.17) is 11.6 Å². The summed E-state index contributed by atoms with van der Waals surface area (Å²) in [6, 6.07) is 0. The molecule has 0 aromatic carbocycles. The van der Waals surface area contributed by atoms with Crippen LogP contribution in [0.15, 0.2) is 22.8 Å². The van der Waals surface area contributed by atoms with E-state index in [9.17, 15) is 4.79 Å². The van der Waals surface area contributed by atoms with Crippen molar-refractivity contribution in [3.05, 3.63) is 22.8 Å². The van der Waals surface area contributed by atoms with Crippen molar-refractivity contribution >= 4 is 17.4 Å². The summed E-state index contributed by atoms with van der Waals surface area (Å²) in [6.07, 6.45) is 10.3. The van der Waals surface area contributed by atoms with Crippen molar-refractivity contribution in [1.29, 1.82) is 0 Å². The van der Waals surface area contributed by atoms with Crippen LogP contribution in [0.1, 0.15) is 79.6 Å². The van der Waals surface area contributed by atoms with Gasteiger partial charge >= 0.3 is 0 Å². The van der Waals surface area contributed by atoms with E-state index >= 15 is 0 Å². The summed E-state index contributed by atoms with van der Waals surface area (Å²) >= 11 is 6.32. The SMILES string of the molecule is CC/C(=C\C1CC(C(C)C)=C1CC(C)Cl)CN1CCC(CCC(C)=O)CC1. The number of alkyl halides is 1. The minimum absolute atomic E-state index is 0.226. The molecule has 0 aromatic heterocycles. The van der Waals surface area contributed by atoms with Gasteiger partial charge in [0.15, 0.2) is 0 Å². The molecule has 2 rings (SSSR count). The molecule has 0 N–H and O–H groups in total. The van der Waals surface area contributed by atoms with Crippen LogP contribution in [0.4, 0.5) is 0 Å². The predicted molar refractivity (Wildman–Crippen MR) is 117 cm³/mol. The highest BCUT2D eigenvalue weighted by Gasteiger charge is 2.30. The third kappa shape index (κ3) is 7.06. The van der Waals surface area contributed by atoms with Crippen LogP contribution < -0.4 is 0 Å². The van der Waals surface area contributed by atoms with E-state index in [2.05, 4.69) is 38.7 Å². The minimum Gasteiger partial charge on any atom is -0.300 e. The van der Waals surface area contributed by atoms with Crippen LogP contribution in [0.25, 0.3) is 0 Å². The molecular weight excluding hydrogens is 354 g/mol. The second-order valence-corrected chi connectivity index (χ2v) is 9.88. The largest absolute Gasteiger partial charge is 0.300 e. The monoisotopic (exact) mass is 393 g/mol. The Labute approximate surface area is 172 Å². The molecule has 3 heteroatoms. The first kappa shape index (κ1) is 22.7. The number of halogens is 1. The molecule has 1 heterocycles. The molecule has 0 radical (unpaired) electrons. The van der Waals surface area contributed by atoms with E-state index in [-0.39, 0.29) is 5.38 Å². The van der Waals surface area contributed by atoms with Gasteiger partial charge in [0.05, 0.1) is 0 Å². The Balaban J connectivity index is 1.89. The van der Waals surface area contributed by atoms with Crippen molar-refractivity contribution < 1.29 is 4.79 Å². The highest BCUT2D eigenvalue weighted by Crippen LogP contribution is 2.43. The number of carbonyl (C=O) groups excluding carboxylic acids is 1. The average Bonchev–Trinajstić information content (AvgIpc) is 2.60. The minimum atomic E-state index is 0.226. The van der Waals surface area contributed by atoms with Gasteiger partial charge in [0, 0.05) is 24.3 Å². The number of ketones is 1. The standard InChI is InChI=1S/C24H40ClNO/c1-6-20(14-22-15-23(17(2)3)24(22)13-18(4)25)16-26-11-9-21(10-12-26)8-7-19(5)27/h14,17-18,21-22H,6-13,15-16H2,1-5H3/b20-14+. The van der Waals surface area contributed by atoms with E-state index in [0.717, 1.165) is 38.1 Å². The van der Waals surface area contributed by atoms with E-state index < -0.39 is 0 Å². The molecule has 0 bridgehead atoms. The maximum absolute atomic E-state index is 11.2. The molecule has 2 atom stereocenters.